The van der Waals surface area contributed by atoms with Crippen molar-refractivity contribution in [2.75, 3.05) is 18.6 Å². The second-order valence-electron chi connectivity index (χ2n) is 5.90. The molecule has 1 heterocycles. The number of ether oxygens (including phenoxy) is 1. The number of nitrogens with one attached hydrogen (secondary N) is 1. The van der Waals surface area contributed by atoms with E-state index in [1.54, 1.807) is 38.0 Å². The molecule has 5 heteroatoms. The van der Waals surface area contributed by atoms with E-state index in [0.717, 1.165) is 0 Å². The number of anilines is 1. The van der Waals surface area contributed by atoms with Crippen LogP contribution >= 0.6 is 0 Å². The Morgan fingerprint density at radius 1 is 1.29 bits per heavy atom. The lowest BCUT2D eigenvalue weighted by molar-refractivity contribution is -0.123. The van der Waals surface area contributed by atoms with Crippen molar-refractivity contribution in [1.82, 2.24) is 5.32 Å². The van der Waals surface area contributed by atoms with Gasteiger partial charge >= 0.3 is 0 Å². The molecule has 5 nitrogen and oxygen atoms in total. The van der Waals surface area contributed by atoms with Crippen LogP contribution in [-0.2, 0) is 9.53 Å². The molecule has 0 spiro atoms. The lowest BCUT2D eigenvalue weighted by atomic mass is 10.0. The molecule has 0 radical (unpaired) electrons. The van der Waals surface area contributed by atoms with E-state index in [2.05, 4.69) is 5.32 Å². The number of amides is 2. The van der Waals surface area contributed by atoms with Crippen LogP contribution in [0.1, 0.15) is 37.6 Å². The number of nitrogens with zero attached hydrogens (tertiary/aromatic N) is 1. The Balaban J connectivity index is 2.49. The van der Waals surface area contributed by atoms with Gasteiger partial charge < -0.3 is 15.0 Å². The maximum atomic E-state index is 12.9. The first-order valence-corrected chi connectivity index (χ1v) is 7.12. The molecule has 1 aromatic rings. The Hall–Kier alpha value is -1.88. The van der Waals surface area contributed by atoms with Crippen molar-refractivity contribution < 1.29 is 14.3 Å². The van der Waals surface area contributed by atoms with Crippen molar-refractivity contribution in [3.8, 4) is 0 Å². The molecule has 2 rings (SSSR count). The maximum absolute atomic E-state index is 12.9. The van der Waals surface area contributed by atoms with Crippen molar-refractivity contribution in [2.45, 2.75) is 38.8 Å². The minimum atomic E-state index is -0.933. The Bertz CT molecular complexity index is 554. The lowest BCUT2D eigenvalue weighted by Gasteiger charge is -2.33. The highest BCUT2D eigenvalue weighted by atomic mass is 16.5. The number of carbonyl (C=O) groups excluding carboxylic acids is 2. The van der Waals surface area contributed by atoms with E-state index in [-0.39, 0.29) is 17.9 Å². The molecule has 1 aromatic carbocycles. The molecule has 1 atom stereocenters. The van der Waals surface area contributed by atoms with Gasteiger partial charge in [-0.3, -0.25) is 9.59 Å². The average molecular weight is 290 g/mol. The van der Waals surface area contributed by atoms with Gasteiger partial charge in [0.2, 0.25) is 0 Å². The van der Waals surface area contributed by atoms with Crippen LogP contribution in [0.4, 0.5) is 5.69 Å². The number of benzene rings is 1. The Kier molecular flexibility index (Phi) is 4.32. The Labute approximate surface area is 125 Å². The quantitative estimate of drug-likeness (QED) is 0.922. The Morgan fingerprint density at radius 2 is 1.95 bits per heavy atom. The fourth-order valence-electron chi connectivity index (χ4n) is 2.55. The van der Waals surface area contributed by atoms with Crippen molar-refractivity contribution >= 4 is 17.5 Å². The van der Waals surface area contributed by atoms with Gasteiger partial charge in [0.1, 0.15) is 5.54 Å². The van der Waals surface area contributed by atoms with Gasteiger partial charge in [-0.15, -0.1) is 0 Å². The standard InChI is InChI=1S/C16H22N2O3/c1-11(9-10-21-4)18-13-8-6-5-7-12(13)14(19)17-16(2,3)15(18)20/h5-8,11H,9-10H2,1-4H3,(H,17,19). The highest BCUT2D eigenvalue weighted by Crippen LogP contribution is 2.29. The summed E-state index contributed by atoms with van der Waals surface area (Å²) in [7, 11) is 1.64. The molecule has 114 valence electrons. The monoisotopic (exact) mass is 290 g/mol. The molecule has 1 aliphatic rings. The summed E-state index contributed by atoms with van der Waals surface area (Å²) in [4.78, 5) is 26.9. The van der Waals surface area contributed by atoms with E-state index in [1.165, 1.54) is 0 Å². The van der Waals surface area contributed by atoms with E-state index in [0.29, 0.717) is 24.3 Å². The number of hydrogen-bond donors (Lipinski definition) is 1. The molecular weight excluding hydrogens is 268 g/mol. The van der Waals surface area contributed by atoms with Crippen molar-refractivity contribution in [1.29, 1.82) is 0 Å². The highest BCUT2D eigenvalue weighted by molar-refractivity contribution is 6.12. The minimum Gasteiger partial charge on any atom is -0.385 e. The Morgan fingerprint density at radius 3 is 2.62 bits per heavy atom. The molecule has 1 aliphatic heterocycles. The highest BCUT2D eigenvalue weighted by Gasteiger charge is 2.40. The van der Waals surface area contributed by atoms with Crippen LogP contribution in [-0.4, -0.2) is 37.1 Å². The van der Waals surface area contributed by atoms with Crippen LogP contribution in [0.2, 0.25) is 0 Å². The number of carbonyl (C=O) groups is 2. The van der Waals surface area contributed by atoms with Crippen LogP contribution < -0.4 is 10.2 Å². The van der Waals surface area contributed by atoms with Crippen molar-refractivity contribution in [3.05, 3.63) is 29.8 Å². The van der Waals surface area contributed by atoms with E-state index in [1.807, 2.05) is 19.1 Å². The minimum absolute atomic E-state index is 0.0504. The maximum Gasteiger partial charge on any atom is 0.254 e. The van der Waals surface area contributed by atoms with Crippen LogP contribution in [0.3, 0.4) is 0 Å². The summed E-state index contributed by atoms with van der Waals surface area (Å²) in [5, 5.41) is 2.80. The molecule has 0 saturated carbocycles. The van der Waals surface area contributed by atoms with Gasteiger partial charge in [0.15, 0.2) is 0 Å². The molecule has 2 amide bonds. The van der Waals surface area contributed by atoms with E-state index >= 15 is 0 Å². The van der Waals surface area contributed by atoms with Gasteiger partial charge in [0, 0.05) is 19.8 Å². The zero-order valence-corrected chi connectivity index (χ0v) is 13.0. The smallest absolute Gasteiger partial charge is 0.254 e. The number of hydrogen-bond acceptors (Lipinski definition) is 3. The predicted octanol–water partition coefficient (Wildman–Crippen LogP) is 1.97. The van der Waals surface area contributed by atoms with E-state index in [9.17, 15) is 9.59 Å². The zero-order valence-electron chi connectivity index (χ0n) is 13.0. The summed E-state index contributed by atoms with van der Waals surface area (Å²) in [6.07, 6.45) is 0.709. The van der Waals surface area contributed by atoms with Crippen LogP contribution in [0.25, 0.3) is 0 Å². The number of para-hydroxylation sites is 1. The summed E-state index contributed by atoms with van der Waals surface area (Å²) in [5.41, 5.74) is 0.257. The average Bonchev–Trinajstić information content (AvgIpc) is 2.51. The van der Waals surface area contributed by atoms with Crippen molar-refractivity contribution in [3.63, 3.8) is 0 Å². The van der Waals surface area contributed by atoms with Gasteiger partial charge in [-0.1, -0.05) is 12.1 Å². The lowest BCUT2D eigenvalue weighted by Crippen LogP contribution is -2.55. The second-order valence-corrected chi connectivity index (χ2v) is 5.90. The molecule has 1 unspecified atom stereocenters. The number of methoxy groups -OCH3 is 1. The third-order valence-electron chi connectivity index (χ3n) is 3.77. The summed E-state index contributed by atoms with van der Waals surface area (Å²) < 4.78 is 5.11. The third-order valence-corrected chi connectivity index (χ3v) is 3.77. The van der Waals surface area contributed by atoms with E-state index < -0.39 is 5.54 Å². The largest absolute Gasteiger partial charge is 0.385 e. The number of rotatable bonds is 4. The first-order valence-electron chi connectivity index (χ1n) is 7.12. The van der Waals surface area contributed by atoms with Crippen LogP contribution in [0.15, 0.2) is 24.3 Å². The summed E-state index contributed by atoms with van der Waals surface area (Å²) in [6, 6.07) is 7.16. The van der Waals surface area contributed by atoms with Gasteiger partial charge in [0.25, 0.3) is 11.8 Å². The van der Waals surface area contributed by atoms with Gasteiger partial charge in [-0.05, 0) is 39.3 Å². The van der Waals surface area contributed by atoms with Crippen molar-refractivity contribution in [2.24, 2.45) is 0 Å². The summed E-state index contributed by atoms with van der Waals surface area (Å²) in [5.74, 6) is -0.324. The van der Waals surface area contributed by atoms with Gasteiger partial charge in [-0.25, -0.2) is 0 Å². The molecule has 1 N–H and O–H groups in total. The van der Waals surface area contributed by atoms with Gasteiger partial charge in [-0.2, -0.15) is 0 Å². The molecular formula is C16H22N2O3. The molecule has 0 bridgehead atoms. The molecule has 0 fully saturated rings. The summed E-state index contributed by atoms with van der Waals surface area (Å²) in [6.45, 7) is 6.00. The van der Waals surface area contributed by atoms with E-state index in [4.69, 9.17) is 4.74 Å². The topological polar surface area (TPSA) is 58.6 Å². The summed E-state index contributed by atoms with van der Waals surface area (Å²) >= 11 is 0. The van der Waals surface area contributed by atoms with Gasteiger partial charge in [0.05, 0.1) is 11.3 Å². The molecule has 21 heavy (non-hydrogen) atoms. The predicted molar refractivity (Wildman–Crippen MR) is 81.4 cm³/mol. The van der Waals surface area contributed by atoms with Crippen LogP contribution in [0, 0.1) is 0 Å². The molecule has 0 aromatic heterocycles. The first kappa shape index (κ1) is 15.5. The first-order chi connectivity index (χ1) is 9.88. The third kappa shape index (κ3) is 2.93. The molecule has 0 aliphatic carbocycles. The fraction of sp³-hybridized carbons (Fsp3) is 0.500. The molecule has 0 saturated heterocycles. The second kappa shape index (κ2) is 5.85. The number of fused-ring (bicyclic) bond motifs is 1. The van der Waals surface area contributed by atoms with Crippen LogP contribution in [0.5, 0.6) is 0 Å². The SMILES string of the molecule is COCCC(C)N1C(=O)C(C)(C)NC(=O)c2ccccc21. The zero-order chi connectivity index (χ0) is 15.6. The fourth-order valence-corrected chi connectivity index (χ4v) is 2.55. The normalized spacial score (nSPS) is 18.8.